The van der Waals surface area contributed by atoms with Gasteiger partial charge in [-0.15, -0.1) is 11.3 Å². The number of carbonyl (C=O) groups excluding carboxylic acids is 2. The Morgan fingerprint density at radius 2 is 2.21 bits per heavy atom. The average molecular weight is 363 g/mol. The lowest BCUT2D eigenvalue weighted by Crippen LogP contribution is -2.45. The van der Waals surface area contributed by atoms with Gasteiger partial charge in [-0.1, -0.05) is 13.8 Å². The molecule has 2 amide bonds. The maximum Gasteiger partial charge on any atom is 0.434 e. The molecular formula is C15H20F3N3O2S. The molecule has 0 aromatic carbocycles. The van der Waals surface area contributed by atoms with Crippen LogP contribution in [0.4, 0.5) is 18.3 Å². The first-order chi connectivity index (χ1) is 11.2. The number of aromatic nitrogens is 1. The van der Waals surface area contributed by atoms with Crippen LogP contribution in [0.2, 0.25) is 0 Å². The number of nitrogens with one attached hydrogen (secondary N) is 1. The predicted octanol–water partition coefficient (Wildman–Crippen LogP) is 3.39. The molecule has 1 saturated heterocycles. The topological polar surface area (TPSA) is 62.3 Å². The van der Waals surface area contributed by atoms with Gasteiger partial charge in [0.2, 0.25) is 11.8 Å². The van der Waals surface area contributed by atoms with E-state index in [0.717, 1.165) is 23.1 Å². The summed E-state index contributed by atoms with van der Waals surface area (Å²) in [7, 11) is 0. The molecule has 2 rings (SSSR count). The number of alkyl halides is 3. The van der Waals surface area contributed by atoms with Crippen LogP contribution in [0.15, 0.2) is 5.38 Å². The third-order valence-corrected chi connectivity index (χ3v) is 4.92. The van der Waals surface area contributed by atoms with Gasteiger partial charge < -0.3 is 10.2 Å². The maximum absolute atomic E-state index is 12.5. The highest BCUT2D eigenvalue weighted by Gasteiger charge is 2.35. The number of hydrogen-bond acceptors (Lipinski definition) is 4. The molecule has 0 unspecified atom stereocenters. The summed E-state index contributed by atoms with van der Waals surface area (Å²) in [6.07, 6.45) is -2.49. The normalized spacial score (nSPS) is 19.9. The van der Waals surface area contributed by atoms with Crippen molar-refractivity contribution in [3.05, 3.63) is 11.1 Å². The Morgan fingerprint density at radius 1 is 1.50 bits per heavy atom. The molecule has 1 aliphatic heterocycles. The van der Waals surface area contributed by atoms with Crippen LogP contribution in [-0.4, -0.2) is 34.8 Å². The van der Waals surface area contributed by atoms with Crippen molar-refractivity contribution in [3.8, 4) is 0 Å². The van der Waals surface area contributed by atoms with E-state index in [4.69, 9.17) is 0 Å². The summed E-state index contributed by atoms with van der Waals surface area (Å²) in [5, 5.41) is 3.24. The molecule has 0 spiro atoms. The van der Waals surface area contributed by atoms with Crippen molar-refractivity contribution in [2.24, 2.45) is 11.8 Å². The Bertz CT molecular complexity index is 603. The van der Waals surface area contributed by atoms with Crippen LogP contribution < -0.4 is 5.32 Å². The van der Waals surface area contributed by atoms with E-state index >= 15 is 0 Å². The second kappa shape index (κ2) is 7.50. The Hall–Kier alpha value is -1.64. The second-order valence-corrected chi connectivity index (χ2v) is 6.82. The van der Waals surface area contributed by atoms with Crippen molar-refractivity contribution >= 4 is 28.3 Å². The summed E-state index contributed by atoms with van der Waals surface area (Å²) in [6.45, 7) is 4.69. The summed E-state index contributed by atoms with van der Waals surface area (Å²) in [5.41, 5.74) is -1.01. The predicted molar refractivity (Wildman–Crippen MR) is 84.5 cm³/mol. The molecule has 0 aliphatic carbocycles. The minimum Gasteiger partial charge on any atom is -0.342 e. The van der Waals surface area contributed by atoms with E-state index in [1.807, 2.05) is 13.8 Å². The summed E-state index contributed by atoms with van der Waals surface area (Å²) in [6, 6.07) is 0. The van der Waals surface area contributed by atoms with Crippen LogP contribution in [0.25, 0.3) is 0 Å². The van der Waals surface area contributed by atoms with Crippen LogP contribution >= 0.6 is 11.3 Å². The van der Waals surface area contributed by atoms with Crippen molar-refractivity contribution in [2.75, 3.05) is 18.4 Å². The highest BCUT2D eigenvalue weighted by Crippen LogP contribution is 2.32. The Kier molecular flexibility index (Phi) is 5.84. The number of likely N-dealkylation sites (tertiary alicyclic amines) is 1. The quantitative estimate of drug-likeness (QED) is 0.892. The lowest BCUT2D eigenvalue weighted by molar-refractivity contribution is -0.141. The molecule has 0 radical (unpaired) electrons. The first kappa shape index (κ1) is 18.7. The fourth-order valence-electron chi connectivity index (χ4n) is 2.55. The fourth-order valence-corrected chi connectivity index (χ4v) is 3.27. The van der Waals surface area contributed by atoms with Crippen molar-refractivity contribution < 1.29 is 22.8 Å². The van der Waals surface area contributed by atoms with Gasteiger partial charge in [0.15, 0.2) is 10.8 Å². The number of hydrogen-bond donors (Lipinski definition) is 1. The summed E-state index contributed by atoms with van der Waals surface area (Å²) < 4.78 is 37.6. The monoisotopic (exact) mass is 363 g/mol. The first-order valence-corrected chi connectivity index (χ1v) is 8.72. The lowest BCUT2D eigenvalue weighted by Gasteiger charge is -2.33. The van der Waals surface area contributed by atoms with Gasteiger partial charge in [0.1, 0.15) is 0 Å². The van der Waals surface area contributed by atoms with E-state index in [0.29, 0.717) is 25.9 Å². The molecule has 2 heterocycles. The summed E-state index contributed by atoms with van der Waals surface area (Å²) >= 11 is 0.741. The summed E-state index contributed by atoms with van der Waals surface area (Å²) in [4.78, 5) is 29.6. The smallest absolute Gasteiger partial charge is 0.342 e. The number of thiazole rings is 1. The zero-order valence-corrected chi connectivity index (χ0v) is 14.3. The van der Waals surface area contributed by atoms with Gasteiger partial charge in [-0.2, -0.15) is 13.2 Å². The largest absolute Gasteiger partial charge is 0.434 e. The molecule has 2 atom stereocenters. The number of amides is 2. The number of piperidine rings is 1. The Balaban J connectivity index is 1.97. The molecule has 0 saturated carbocycles. The zero-order chi connectivity index (χ0) is 17.9. The van der Waals surface area contributed by atoms with Gasteiger partial charge in [-0.05, 0) is 19.3 Å². The second-order valence-electron chi connectivity index (χ2n) is 5.96. The molecule has 1 N–H and O–H groups in total. The summed E-state index contributed by atoms with van der Waals surface area (Å²) in [5.74, 6) is -0.895. The molecule has 134 valence electrons. The molecule has 5 nitrogen and oxygen atoms in total. The van der Waals surface area contributed by atoms with Crippen LogP contribution in [0, 0.1) is 11.8 Å². The lowest BCUT2D eigenvalue weighted by atomic mass is 9.95. The van der Waals surface area contributed by atoms with Crippen molar-refractivity contribution in [1.82, 2.24) is 9.88 Å². The molecule has 1 aromatic heterocycles. The van der Waals surface area contributed by atoms with E-state index in [2.05, 4.69) is 10.3 Å². The van der Waals surface area contributed by atoms with Crippen LogP contribution in [-0.2, 0) is 15.8 Å². The highest BCUT2D eigenvalue weighted by atomic mass is 32.1. The number of anilines is 1. The van der Waals surface area contributed by atoms with E-state index in [9.17, 15) is 22.8 Å². The third-order valence-electron chi connectivity index (χ3n) is 4.16. The fraction of sp³-hybridized carbons (Fsp3) is 0.667. The van der Waals surface area contributed by atoms with Gasteiger partial charge in [-0.3, -0.25) is 9.59 Å². The van der Waals surface area contributed by atoms with Crippen molar-refractivity contribution in [2.45, 2.75) is 39.3 Å². The molecule has 1 aromatic rings. The van der Waals surface area contributed by atoms with Crippen LogP contribution in [0.1, 0.15) is 38.8 Å². The number of carbonyl (C=O) groups is 2. The molecule has 9 heteroatoms. The number of halogens is 3. The first-order valence-electron chi connectivity index (χ1n) is 7.84. The van der Waals surface area contributed by atoms with E-state index in [1.54, 1.807) is 4.90 Å². The van der Waals surface area contributed by atoms with Crippen LogP contribution in [0.5, 0.6) is 0 Å². The van der Waals surface area contributed by atoms with Crippen molar-refractivity contribution in [1.29, 1.82) is 0 Å². The van der Waals surface area contributed by atoms with Gasteiger partial charge in [0.25, 0.3) is 0 Å². The minimum absolute atomic E-state index is 0.0172. The Labute approximate surface area is 142 Å². The van der Waals surface area contributed by atoms with E-state index in [-0.39, 0.29) is 22.9 Å². The molecule has 1 aliphatic rings. The molecule has 0 bridgehead atoms. The SMILES string of the molecule is CC[C@@H](C)C(=O)N1CCC[C@@H](C(=O)Nc2nc(C(F)(F)F)cs2)C1. The van der Waals surface area contributed by atoms with Crippen LogP contribution in [0.3, 0.4) is 0 Å². The molecule has 24 heavy (non-hydrogen) atoms. The van der Waals surface area contributed by atoms with Gasteiger partial charge in [-0.25, -0.2) is 4.98 Å². The zero-order valence-electron chi connectivity index (χ0n) is 13.5. The standard InChI is InChI=1S/C15H20F3N3O2S/c1-3-9(2)13(23)21-6-4-5-10(7-21)12(22)20-14-19-11(8-24-14)15(16,17)18/h8-10H,3-7H2,1-2H3,(H,19,20,22)/t9-,10-/m1/s1. The average Bonchev–Trinajstić information content (AvgIpc) is 3.02. The number of nitrogens with zero attached hydrogens (tertiary/aromatic N) is 2. The van der Waals surface area contributed by atoms with E-state index in [1.165, 1.54) is 0 Å². The van der Waals surface area contributed by atoms with Crippen molar-refractivity contribution in [3.63, 3.8) is 0 Å². The van der Waals surface area contributed by atoms with Gasteiger partial charge >= 0.3 is 6.18 Å². The van der Waals surface area contributed by atoms with E-state index < -0.39 is 17.8 Å². The minimum atomic E-state index is -4.52. The highest BCUT2D eigenvalue weighted by molar-refractivity contribution is 7.13. The molecular weight excluding hydrogens is 343 g/mol. The van der Waals surface area contributed by atoms with Gasteiger partial charge in [0.05, 0.1) is 5.92 Å². The van der Waals surface area contributed by atoms with Gasteiger partial charge in [0, 0.05) is 24.4 Å². The number of rotatable bonds is 4. The third kappa shape index (κ3) is 4.46. The maximum atomic E-state index is 12.5. The molecule has 1 fully saturated rings. The Morgan fingerprint density at radius 3 is 2.79 bits per heavy atom.